The number of thiocarbonyl (C=S) groups is 1. The number of hydrogen-bond donors (Lipinski definition) is 2. The Kier molecular flexibility index (Phi) is 8.74. The molecule has 0 fully saturated rings. The summed E-state index contributed by atoms with van der Waals surface area (Å²) in [6, 6.07) is 8.03. The number of rotatable bonds is 9. The maximum Gasteiger partial charge on any atom is 0.166 e. The van der Waals surface area contributed by atoms with Crippen LogP contribution in [0, 0.1) is 0 Å². The van der Waals surface area contributed by atoms with Gasteiger partial charge in [-0.1, -0.05) is 18.2 Å². The predicted molar refractivity (Wildman–Crippen MR) is 86.4 cm³/mol. The highest BCUT2D eigenvalue weighted by Gasteiger charge is 2.01. The topological polar surface area (TPSA) is 42.5 Å². The van der Waals surface area contributed by atoms with Gasteiger partial charge in [0.15, 0.2) is 5.11 Å². The first-order valence-electron chi connectivity index (χ1n) is 6.99. The summed E-state index contributed by atoms with van der Waals surface area (Å²) in [7, 11) is 1.69. The van der Waals surface area contributed by atoms with Gasteiger partial charge < -0.3 is 20.1 Å². The fourth-order valence-electron chi connectivity index (χ4n) is 1.80. The van der Waals surface area contributed by atoms with Gasteiger partial charge in [-0.3, -0.25) is 0 Å². The summed E-state index contributed by atoms with van der Waals surface area (Å²) >= 11 is 5.21. The van der Waals surface area contributed by atoms with Gasteiger partial charge in [0.1, 0.15) is 5.75 Å². The van der Waals surface area contributed by atoms with Crippen molar-refractivity contribution in [1.82, 2.24) is 10.6 Å². The van der Waals surface area contributed by atoms with Gasteiger partial charge in [-0.25, -0.2) is 0 Å². The summed E-state index contributed by atoms with van der Waals surface area (Å²) in [5, 5.41) is 7.05. The summed E-state index contributed by atoms with van der Waals surface area (Å²) < 4.78 is 10.6. The molecule has 0 aliphatic rings. The lowest BCUT2D eigenvalue weighted by Crippen LogP contribution is -2.37. The summed E-state index contributed by atoms with van der Waals surface area (Å²) in [5.74, 6) is 0.921. The molecule has 0 aliphatic carbocycles. The van der Waals surface area contributed by atoms with Gasteiger partial charge in [0, 0.05) is 26.3 Å². The monoisotopic (exact) mass is 296 g/mol. The fourth-order valence-corrected chi connectivity index (χ4v) is 2.01. The van der Waals surface area contributed by atoms with E-state index < -0.39 is 0 Å². The molecule has 0 heterocycles. The highest BCUT2D eigenvalue weighted by molar-refractivity contribution is 7.80. The Labute approximate surface area is 126 Å². The molecule has 1 aromatic carbocycles. The molecule has 0 bridgehead atoms. The lowest BCUT2D eigenvalue weighted by molar-refractivity contribution is 0.145. The molecule has 0 unspecified atom stereocenters. The SMILES string of the molecule is CCOCCCNC(=S)NCCc1ccccc1OC. The van der Waals surface area contributed by atoms with E-state index >= 15 is 0 Å². The Bertz CT molecular complexity index is 399. The van der Waals surface area contributed by atoms with E-state index in [9.17, 15) is 0 Å². The summed E-state index contributed by atoms with van der Waals surface area (Å²) in [6.45, 7) is 5.16. The molecule has 0 spiro atoms. The van der Waals surface area contributed by atoms with Crippen LogP contribution < -0.4 is 15.4 Å². The third-order valence-electron chi connectivity index (χ3n) is 2.83. The standard InChI is InChI=1S/C15H24N2O2S/c1-3-19-12-6-10-16-15(20)17-11-9-13-7-4-5-8-14(13)18-2/h4-5,7-8H,3,6,9-12H2,1-2H3,(H2,16,17,20). The molecule has 2 N–H and O–H groups in total. The van der Waals surface area contributed by atoms with Gasteiger partial charge in [-0.2, -0.15) is 0 Å². The van der Waals surface area contributed by atoms with E-state index in [1.54, 1.807) is 7.11 Å². The van der Waals surface area contributed by atoms with Crippen LogP contribution in [-0.2, 0) is 11.2 Å². The van der Waals surface area contributed by atoms with Crippen molar-refractivity contribution in [3.8, 4) is 5.75 Å². The molecule has 0 aliphatic heterocycles. The number of methoxy groups -OCH3 is 1. The molecule has 0 amide bonds. The molecule has 20 heavy (non-hydrogen) atoms. The molecule has 5 heteroatoms. The van der Waals surface area contributed by atoms with Crippen LogP contribution in [0.2, 0.25) is 0 Å². The molecule has 0 saturated heterocycles. The van der Waals surface area contributed by atoms with Crippen LogP contribution in [0.1, 0.15) is 18.9 Å². The average molecular weight is 296 g/mol. The lowest BCUT2D eigenvalue weighted by Gasteiger charge is -2.12. The first-order valence-corrected chi connectivity index (χ1v) is 7.40. The minimum atomic E-state index is 0.691. The quantitative estimate of drug-likeness (QED) is 0.540. The van der Waals surface area contributed by atoms with Crippen molar-refractivity contribution >= 4 is 17.3 Å². The maximum absolute atomic E-state index is 5.32. The molecule has 0 saturated carbocycles. The highest BCUT2D eigenvalue weighted by atomic mass is 32.1. The van der Waals surface area contributed by atoms with Gasteiger partial charge in [0.25, 0.3) is 0 Å². The van der Waals surface area contributed by atoms with Crippen molar-refractivity contribution < 1.29 is 9.47 Å². The molecular weight excluding hydrogens is 272 g/mol. The van der Waals surface area contributed by atoms with Gasteiger partial charge in [0.05, 0.1) is 7.11 Å². The second kappa shape index (κ2) is 10.5. The normalized spacial score (nSPS) is 10.1. The van der Waals surface area contributed by atoms with E-state index in [0.717, 1.165) is 44.9 Å². The number of benzene rings is 1. The fraction of sp³-hybridized carbons (Fsp3) is 0.533. The van der Waals surface area contributed by atoms with Crippen LogP contribution in [0.5, 0.6) is 5.75 Å². The van der Waals surface area contributed by atoms with Gasteiger partial charge in [-0.15, -0.1) is 0 Å². The summed E-state index contributed by atoms with van der Waals surface area (Å²) in [6.07, 6.45) is 1.84. The van der Waals surface area contributed by atoms with Crippen LogP contribution in [-0.4, -0.2) is 38.5 Å². The van der Waals surface area contributed by atoms with E-state index in [-0.39, 0.29) is 0 Å². The molecular formula is C15H24N2O2S. The van der Waals surface area contributed by atoms with Crippen LogP contribution in [0.15, 0.2) is 24.3 Å². The zero-order valence-corrected chi connectivity index (χ0v) is 13.1. The predicted octanol–water partition coefficient (Wildman–Crippen LogP) is 2.13. The highest BCUT2D eigenvalue weighted by Crippen LogP contribution is 2.17. The van der Waals surface area contributed by atoms with Crippen LogP contribution in [0.3, 0.4) is 0 Å². The van der Waals surface area contributed by atoms with Crippen LogP contribution >= 0.6 is 12.2 Å². The zero-order chi connectivity index (χ0) is 14.6. The molecule has 1 rings (SSSR count). The smallest absolute Gasteiger partial charge is 0.166 e. The van der Waals surface area contributed by atoms with Gasteiger partial charge in [0.2, 0.25) is 0 Å². The van der Waals surface area contributed by atoms with Crippen molar-refractivity contribution in [2.45, 2.75) is 19.8 Å². The minimum absolute atomic E-state index is 0.691. The van der Waals surface area contributed by atoms with E-state index in [4.69, 9.17) is 21.7 Å². The summed E-state index contributed by atoms with van der Waals surface area (Å²) in [5.41, 5.74) is 1.18. The van der Waals surface area contributed by atoms with Crippen LogP contribution in [0.4, 0.5) is 0 Å². The van der Waals surface area contributed by atoms with E-state index in [1.807, 2.05) is 25.1 Å². The number of ether oxygens (including phenoxy) is 2. The van der Waals surface area contributed by atoms with Crippen molar-refractivity contribution in [3.05, 3.63) is 29.8 Å². The minimum Gasteiger partial charge on any atom is -0.496 e. The maximum atomic E-state index is 5.32. The van der Waals surface area contributed by atoms with Gasteiger partial charge >= 0.3 is 0 Å². The number of hydrogen-bond acceptors (Lipinski definition) is 3. The third kappa shape index (κ3) is 6.73. The Morgan fingerprint density at radius 2 is 1.95 bits per heavy atom. The first kappa shape index (κ1) is 16.7. The Morgan fingerprint density at radius 3 is 2.70 bits per heavy atom. The average Bonchev–Trinajstić information content (AvgIpc) is 2.47. The van der Waals surface area contributed by atoms with Crippen LogP contribution in [0.25, 0.3) is 0 Å². The summed E-state index contributed by atoms with van der Waals surface area (Å²) in [4.78, 5) is 0. The van der Waals surface area contributed by atoms with Gasteiger partial charge in [-0.05, 0) is 43.6 Å². The lowest BCUT2D eigenvalue weighted by atomic mass is 10.1. The molecule has 0 radical (unpaired) electrons. The molecule has 4 nitrogen and oxygen atoms in total. The molecule has 0 aromatic heterocycles. The van der Waals surface area contributed by atoms with Crippen molar-refractivity contribution in [2.75, 3.05) is 33.4 Å². The third-order valence-corrected chi connectivity index (χ3v) is 3.12. The Hall–Kier alpha value is -1.33. The largest absolute Gasteiger partial charge is 0.496 e. The zero-order valence-electron chi connectivity index (χ0n) is 12.3. The van der Waals surface area contributed by atoms with E-state index in [2.05, 4.69) is 16.7 Å². The second-order valence-corrected chi connectivity index (χ2v) is 4.70. The van der Waals surface area contributed by atoms with Crippen molar-refractivity contribution in [3.63, 3.8) is 0 Å². The van der Waals surface area contributed by atoms with Crippen molar-refractivity contribution in [1.29, 1.82) is 0 Å². The Balaban J connectivity index is 2.15. The molecule has 112 valence electrons. The first-order chi connectivity index (χ1) is 9.77. The Morgan fingerprint density at radius 1 is 1.20 bits per heavy atom. The molecule has 1 aromatic rings. The number of para-hydroxylation sites is 1. The number of nitrogens with one attached hydrogen (secondary N) is 2. The second-order valence-electron chi connectivity index (χ2n) is 4.30. The molecule has 0 atom stereocenters. The van der Waals surface area contributed by atoms with E-state index in [0.29, 0.717) is 5.11 Å². The van der Waals surface area contributed by atoms with E-state index in [1.165, 1.54) is 5.56 Å². The van der Waals surface area contributed by atoms with Crippen molar-refractivity contribution in [2.24, 2.45) is 0 Å².